The quantitative estimate of drug-likeness (QED) is 0.527. The molecule has 1 N–H and O–H groups in total. The molecule has 170 valence electrons. The number of sulfone groups is 1. The maximum Gasteiger partial charge on any atom is 0.419 e. The Balaban J connectivity index is 1.91. The van der Waals surface area contributed by atoms with E-state index in [0.717, 1.165) is 6.07 Å². The van der Waals surface area contributed by atoms with Crippen LogP contribution >= 0.6 is 0 Å². The van der Waals surface area contributed by atoms with Crippen LogP contribution in [0.1, 0.15) is 12.5 Å². The minimum atomic E-state index is -5.06. The van der Waals surface area contributed by atoms with E-state index in [4.69, 9.17) is 0 Å². The van der Waals surface area contributed by atoms with Gasteiger partial charge < -0.3 is 0 Å². The molecule has 0 aliphatic carbocycles. The van der Waals surface area contributed by atoms with E-state index in [1.54, 1.807) is 6.07 Å². The van der Waals surface area contributed by atoms with Gasteiger partial charge in [0.15, 0.2) is 14.9 Å². The van der Waals surface area contributed by atoms with Gasteiger partial charge in [-0.2, -0.15) is 13.2 Å². The molecule has 1 aromatic heterocycles. The molecule has 2 aromatic carbocycles. The molecule has 0 saturated carbocycles. The van der Waals surface area contributed by atoms with Crippen LogP contribution in [-0.4, -0.2) is 32.8 Å². The molecule has 0 amide bonds. The van der Waals surface area contributed by atoms with Crippen LogP contribution in [0.3, 0.4) is 0 Å². The van der Waals surface area contributed by atoms with Gasteiger partial charge in [-0.25, -0.2) is 21.2 Å². The molecule has 0 atom stereocenters. The van der Waals surface area contributed by atoms with Gasteiger partial charge in [-0.05, 0) is 42.5 Å². The molecule has 0 aliphatic rings. The van der Waals surface area contributed by atoms with E-state index in [9.17, 15) is 34.4 Å². The summed E-state index contributed by atoms with van der Waals surface area (Å²) in [7, 11) is -8.02. The molecule has 13 heteroatoms. The summed E-state index contributed by atoms with van der Waals surface area (Å²) in [4.78, 5) is -0.773. The number of anilines is 1. The summed E-state index contributed by atoms with van der Waals surface area (Å²) in [6.07, 6.45) is -5.06. The van der Waals surface area contributed by atoms with Gasteiger partial charge in [-0.1, -0.05) is 19.1 Å². The number of hydrogen-bond donors (Lipinski definition) is 1. The van der Waals surface area contributed by atoms with E-state index in [1.807, 2.05) is 0 Å². The third kappa shape index (κ3) is 5.05. The first kappa shape index (κ1) is 23.6. The number of nitrogens with one attached hydrogen (secondary N) is 1. The Kier molecular flexibility index (Phi) is 6.24. The molecule has 1 heterocycles. The van der Waals surface area contributed by atoms with Gasteiger partial charge in [0, 0.05) is 11.3 Å². The van der Waals surface area contributed by atoms with E-state index in [-0.39, 0.29) is 28.2 Å². The SMILES string of the molecule is CCS(=O)(=O)c1ccc(-c2cccc(NS(=O)(=O)c3ccc(F)c(C(F)(F)F)c3)c2)nn1. The second-order valence-electron chi connectivity index (χ2n) is 6.49. The lowest BCUT2D eigenvalue weighted by Gasteiger charge is -2.12. The zero-order valence-electron chi connectivity index (χ0n) is 16.3. The van der Waals surface area contributed by atoms with Crippen molar-refractivity contribution in [2.24, 2.45) is 0 Å². The predicted molar refractivity (Wildman–Crippen MR) is 107 cm³/mol. The van der Waals surface area contributed by atoms with E-state index < -0.39 is 42.3 Å². The predicted octanol–water partition coefficient (Wildman–Crippen LogP) is 3.90. The fourth-order valence-corrected chi connectivity index (χ4v) is 4.44. The summed E-state index contributed by atoms with van der Waals surface area (Å²) in [6.45, 7) is 1.46. The molecule has 0 saturated heterocycles. The average Bonchev–Trinajstić information content (AvgIpc) is 2.73. The highest BCUT2D eigenvalue weighted by atomic mass is 32.2. The monoisotopic (exact) mass is 489 g/mol. The second-order valence-corrected chi connectivity index (χ2v) is 10.4. The molecule has 0 unspecified atom stereocenters. The first-order valence-electron chi connectivity index (χ1n) is 8.90. The smallest absolute Gasteiger partial charge is 0.280 e. The van der Waals surface area contributed by atoms with Gasteiger partial charge in [0.1, 0.15) is 5.82 Å². The van der Waals surface area contributed by atoms with Gasteiger partial charge in [0.05, 0.1) is 21.9 Å². The lowest BCUT2D eigenvalue weighted by Crippen LogP contribution is -2.15. The first-order valence-corrected chi connectivity index (χ1v) is 12.0. The number of nitrogens with zero attached hydrogens (tertiary/aromatic N) is 2. The minimum Gasteiger partial charge on any atom is -0.280 e. The first-order chi connectivity index (χ1) is 14.8. The molecule has 0 bridgehead atoms. The van der Waals surface area contributed by atoms with Crippen LogP contribution in [0.5, 0.6) is 0 Å². The second kappa shape index (κ2) is 8.47. The zero-order valence-corrected chi connectivity index (χ0v) is 17.9. The van der Waals surface area contributed by atoms with Crippen molar-refractivity contribution in [3.05, 3.63) is 66.0 Å². The van der Waals surface area contributed by atoms with Gasteiger partial charge >= 0.3 is 6.18 Å². The Morgan fingerprint density at radius 1 is 0.938 bits per heavy atom. The fraction of sp³-hybridized carbons (Fsp3) is 0.158. The molecule has 3 aromatic rings. The number of aromatic nitrogens is 2. The minimum absolute atomic E-state index is 0.00700. The summed E-state index contributed by atoms with van der Waals surface area (Å²) in [6, 6.07) is 9.69. The average molecular weight is 489 g/mol. The van der Waals surface area contributed by atoms with Crippen molar-refractivity contribution in [3.63, 3.8) is 0 Å². The van der Waals surface area contributed by atoms with Crippen LogP contribution in [-0.2, 0) is 26.0 Å². The molecular formula is C19H15F4N3O4S2. The number of benzene rings is 2. The number of hydrogen-bond acceptors (Lipinski definition) is 6. The van der Waals surface area contributed by atoms with Crippen LogP contribution in [0.15, 0.2) is 64.5 Å². The molecule has 0 aliphatic heterocycles. The van der Waals surface area contributed by atoms with Crippen LogP contribution in [0, 0.1) is 5.82 Å². The summed E-state index contributed by atoms with van der Waals surface area (Å²) < 4.78 is 103. The van der Waals surface area contributed by atoms with Gasteiger partial charge in [-0.15, -0.1) is 10.2 Å². The number of halogens is 4. The van der Waals surface area contributed by atoms with Crippen LogP contribution < -0.4 is 4.72 Å². The van der Waals surface area contributed by atoms with E-state index >= 15 is 0 Å². The molecule has 0 radical (unpaired) electrons. The van der Waals surface area contributed by atoms with Crippen molar-refractivity contribution in [1.82, 2.24) is 10.2 Å². The van der Waals surface area contributed by atoms with E-state index in [0.29, 0.717) is 11.6 Å². The van der Waals surface area contributed by atoms with Crippen molar-refractivity contribution in [2.75, 3.05) is 10.5 Å². The highest BCUT2D eigenvalue weighted by Crippen LogP contribution is 2.33. The molecule has 3 rings (SSSR count). The van der Waals surface area contributed by atoms with E-state index in [1.165, 1.54) is 37.3 Å². The van der Waals surface area contributed by atoms with Crippen LogP contribution in [0.4, 0.5) is 23.2 Å². The summed E-state index contributed by atoms with van der Waals surface area (Å²) in [5.74, 6) is -1.75. The molecule has 7 nitrogen and oxygen atoms in total. The lowest BCUT2D eigenvalue weighted by atomic mass is 10.1. The largest absolute Gasteiger partial charge is 0.419 e. The van der Waals surface area contributed by atoms with Gasteiger partial charge in [-0.3, -0.25) is 4.72 Å². The molecule has 0 fully saturated rings. The van der Waals surface area contributed by atoms with Crippen molar-refractivity contribution >= 4 is 25.5 Å². The zero-order chi connectivity index (χ0) is 23.7. The highest BCUT2D eigenvalue weighted by Gasteiger charge is 2.35. The summed E-state index contributed by atoms with van der Waals surface area (Å²) >= 11 is 0. The van der Waals surface area contributed by atoms with Gasteiger partial charge in [0.25, 0.3) is 10.0 Å². The van der Waals surface area contributed by atoms with Gasteiger partial charge in [0.2, 0.25) is 0 Å². The van der Waals surface area contributed by atoms with Crippen LogP contribution in [0.25, 0.3) is 11.3 Å². The molecule has 32 heavy (non-hydrogen) atoms. The Hall–Kier alpha value is -3.06. The van der Waals surface area contributed by atoms with E-state index in [2.05, 4.69) is 14.9 Å². The highest BCUT2D eigenvalue weighted by molar-refractivity contribution is 7.92. The summed E-state index contributed by atoms with van der Waals surface area (Å²) in [5.41, 5.74) is -1.10. The topological polar surface area (TPSA) is 106 Å². The van der Waals surface area contributed by atoms with Crippen molar-refractivity contribution in [3.8, 4) is 11.3 Å². The normalized spacial score (nSPS) is 12.5. The number of rotatable bonds is 6. The standard InChI is InChI=1S/C19H15F4N3O4S2/c1-2-31(27,28)18-9-8-17(24-25-18)12-4-3-5-13(10-12)26-32(29,30)14-6-7-16(20)15(11-14)19(21,22)23/h3-11,26H,2H2,1H3. The maximum atomic E-state index is 13.5. The fourth-order valence-electron chi connectivity index (χ4n) is 2.63. The van der Waals surface area contributed by atoms with Crippen molar-refractivity contribution < 1.29 is 34.4 Å². The Labute approximate surface area is 181 Å². The third-order valence-corrected chi connectivity index (χ3v) is 7.30. The Morgan fingerprint density at radius 2 is 1.66 bits per heavy atom. The molecular weight excluding hydrogens is 474 g/mol. The summed E-state index contributed by atoms with van der Waals surface area (Å²) in [5, 5.41) is 7.30. The number of sulfonamides is 1. The Morgan fingerprint density at radius 3 is 2.25 bits per heavy atom. The third-order valence-electron chi connectivity index (χ3n) is 4.30. The maximum absolute atomic E-state index is 13.5. The van der Waals surface area contributed by atoms with Crippen molar-refractivity contribution in [2.45, 2.75) is 23.0 Å². The number of alkyl halides is 3. The van der Waals surface area contributed by atoms with Crippen molar-refractivity contribution in [1.29, 1.82) is 0 Å². The lowest BCUT2D eigenvalue weighted by molar-refractivity contribution is -0.140. The Bertz CT molecular complexity index is 1360. The van der Waals surface area contributed by atoms with Crippen LogP contribution in [0.2, 0.25) is 0 Å². The molecule has 0 spiro atoms.